The predicted molar refractivity (Wildman–Crippen MR) is 106 cm³/mol. The summed E-state index contributed by atoms with van der Waals surface area (Å²) in [6.45, 7) is 3.93. The van der Waals surface area contributed by atoms with Gasteiger partial charge in [0, 0.05) is 12.8 Å². The molecule has 1 aliphatic rings. The Hall–Kier alpha value is -2.55. The summed E-state index contributed by atoms with van der Waals surface area (Å²) in [7, 11) is 1.51. The molecule has 154 valence electrons. The summed E-state index contributed by atoms with van der Waals surface area (Å²) in [5, 5.41) is 11.6. The van der Waals surface area contributed by atoms with Crippen LogP contribution in [0.15, 0.2) is 46.2 Å². The van der Waals surface area contributed by atoms with Crippen LogP contribution in [0.4, 0.5) is 4.79 Å². The van der Waals surface area contributed by atoms with Crippen LogP contribution >= 0.6 is 23.2 Å². The van der Waals surface area contributed by atoms with E-state index in [1.54, 1.807) is 25.1 Å². The molecule has 1 aromatic heterocycles. The van der Waals surface area contributed by atoms with Crippen molar-refractivity contribution >= 4 is 34.9 Å². The number of dihydropyridines is 1. The number of nitrogens with one attached hydrogen (secondary N) is 1. The highest BCUT2D eigenvalue weighted by atomic mass is 35.5. The molecule has 29 heavy (non-hydrogen) atoms. The van der Waals surface area contributed by atoms with Crippen LogP contribution in [0, 0.1) is 0 Å². The fraction of sp³-hybridized carbons (Fsp3) is 0.316. The van der Waals surface area contributed by atoms with Crippen molar-refractivity contribution in [3.63, 3.8) is 0 Å². The number of rotatable bonds is 6. The first-order valence-corrected chi connectivity index (χ1v) is 9.42. The van der Waals surface area contributed by atoms with Crippen molar-refractivity contribution in [3.8, 4) is 0 Å². The lowest BCUT2D eigenvalue weighted by Crippen LogP contribution is -2.27. The molecule has 0 saturated carbocycles. The van der Waals surface area contributed by atoms with E-state index in [0.717, 1.165) is 5.70 Å². The van der Waals surface area contributed by atoms with Gasteiger partial charge in [0.2, 0.25) is 12.3 Å². The molecule has 10 heteroatoms. The summed E-state index contributed by atoms with van der Waals surface area (Å²) in [6.07, 6.45) is 0.350. The molecule has 1 unspecified atom stereocenters. The molecule has 0 amide bonds. The van der Waals surface area contributed by atoms with Gasteiger partial charge in [-0.05, 0) is 25.5 Å². The Morgan fingerprint density at radius 1 is 1.24 bits per heavy atom. The first-order valence-electron chi connectivity index (χ1n) is 8.66. The molecule has 1 atom stereocenters. The average molecular weight is 440 g/mol. The minimum atomic E-state index is -0.870. The summed E-state index contributed by atoms with van der Waals surface area (Å²) < 4.78 is 20.9. The number of ether oxygens (including phenoxy) is 3. The number of carbonyl (C=O) groups excluding carboxylic acids is 1. The van der Waals surface area contributed by atoms with E-state index in [4.69, 9.17) is 41.8 Å². The Morgan fingerprint density at radius 2 is 2.03 bits per heavy atom. The number of carbonyl (C=O) groups is 1. The zero-order valence-electron chi connectivity index (χ0n) is 16.0. The van der Waals surface area contributed by atoms with Crippen molar-refractivity contribution in [1.29, 1.82) is 0 Å². The number of benzene rings is 1. The Balaban J connectivity index is 2.06. The van der Waals surface area contributed by atoms with E-state index in [9.17, 15) is 4.79 Å². The molecular weight excluding hydrogens is 421 g/mol. The van der Waals surface area contributed by atoms with Gasteiger partial charge in [0.25, 0.3) is 0 Å². The van der Waals surface area contributed by atoms with Gasteiger partial charge >= 0.3 is 6.16 Å². The molecule has 1 aliphatic heterocycles. The maximum atomic E-state index is 12.2. The van der Waals surface area contributed by atoms with Gasteiger partial charge in [0.05, 0.1) is 33.8 Å². The van der Waals surface area contributed by atoms with E-state index in [1.807, 2.05) is 6.92 Å². The lowest BCUT2D eigenvalue weighted by molar-refractivity contribution is 0.0503. The Morgan fingerprint density at radius 3 is 2.72 bits per heavy atom. The summed E-state index contributed by atoms with van der Waals surface area (Å²) in [4.78, 5) is 12.2. The van der Waals surface area contributed by atoms with E-state index >= 15 is 0 Å². The van der Waals surface area contributed by atoms with Gasteiger partial charge in [-0.25, -0.2) is 4.79 Å². The Kier molecular flexibility index (Phi) is 6.79. The van der Waals surface area contributed by atoms with Crippen molar-refractivity contribution in [2.45, 2.75) is 19.8 Å². The monoisotopic (exact) mass is 439 g/mol. The lowest BCUT2D eigenvalue weighted by Gasteiger charge is -2.30. The second-order valence-corrected chi connectivity index (χ2v) is 6.95. The molecule has 0 fully saturated rings. The topological polar surface area (TPSA) is 95.7 Å². The molecule has 0 saturated heterocycles. The van der Waals surface area contributed by atoms with E-state index in [1.165, 1.54) is 13.5 Å². The van der Waals surface area contributed by atoms with Crippen LogP contribution in [-0.2, 0) is 14.2 Å². The van der Waals surface area contributed by atoms with E-state index in [0.29, 0.717) is 26.9 Å². The zero-order valence-corrected chi connectivity index (χ0v) is 17.5. The lowest BCUT2D eigenvalue weighted by atomic mass is 9.85. The summed E-state index contributed by atoms with van der Waals surface area (Å²) in [5.41, 5.74) is 2.58. The third-order valence-corrected chi connectivity index (χ3v) is 5.12. The van der Waals surface area contributed by atoms with E-state index < -0.39 is 12.1 Å². The maximum Gasteiger partial charge on any atom is 0.513 e. The van der Waals surface area contributed by atoms with Crippen molar-refractivity contribution in [2.24, 2.45) is 0 Å². The van der Waals surface area contributed by atoms with Gasteiger partial charge in [-0.1, -0.05) is 35.3 Å². The first kappa shape index (κ1) is 21.2. The fourth-order valence-corrected chi connectivity index (χ4v) is 3.47. The Labute approximate surface area is 177 Å². The van der Waals surface area contributed by atoms with Crippen molar-refractivity contribution in [2.75, 3.05) is 20.3 Å². The largest absolute Gasteiger partial charge is 0.513 e. The number of hydrogen-bond acceptors (Lipinski definition) is 8. The van der Waals surface area contributed by atoms with Gasteiger partial charge in [-0.15, -0.1) is 10.2 Å². The number of hydrogen-bond donors (Lipinski definition) is 1. The van der Waals surface area contributed by atoms with Gasteiger partial charge in [-0.2, -0.15) is 0 Å². The first-order chi connectivity index (χ1) is 13.9. The van der Waals surface area contributed by atoms with Crippen molar-refractivity contribution in [1.82, 2.24) is 15.5 Å². The van der Waals surface area contributed by atoms with Crippen LogP contribution < -0.4 is 5.32 Å². The highest BCUT2D eigenvalue weighted by Gasteiger charge is 2.37. The zero-order chi connectivity index (χ0) is 21.0. The molecule has 2 heterocycles. The van der Waals surface area contributed by atoms with Crippen LogP contribution in [0.3, 0.4) is 0 Å². The standard InChI is InChI=1S/C19H19Cl2N3O5/c1-10-14(18-24-22-9-28-18)15(12-5-4-6-13(20)16(12)21)17(11(2)23-10)29-19(25)27-8-7-26-3/h4-6,9,15,23H,7-8H2,1-3H3. The summed E-state index contributed by atoms with van der Waals surface area (Å²) >= 11 is 12.7. The minimum absolute atomic E-state index is 0.0586. The second kappa shape index (κ2) is 9.30. The highest BCUT2D eigenvalue weighted by Crippen LogP contribution is 2.46. The van der Waals surface area contributed by atoms with E-state index in [-0.39, 0.29) is 24.9 Å². The van der Waals surface area contributed by atoms with Gasteiger partial charge < -0.3 is 23.9 Å². The molecule has 0 bridgehead atoms. The average Bonchev–Trinajstić information content (AvgIpc) is 3.20. The quantitative estimate of drug-likeness (QED) is 0.517. The van der Waals surface area contributed by atoms with Crippen LogP contribution in [0.5, 0.6) is 0 Å². The minimum Gasteiger partial charge on any atom is -0.432 e. The van der Waals surface area contributed by atoms with Crippen LogP contribution in [-0.4, -0.2) is 36.7 Å². The van der Waals surface area contributed by atoms with Crippen molar-refractivity contribution < 1.29 is 23.4 Å². The highest BCUT2D eigenvalue weighted by molar-refractivity contribution is 6.42. The van der Waals surface area contributed by atoms with E-state index in [2.05, 4.69) is 15.5 Å². The second-order valence-electron chi connectivity index (χ2n) is 6.17. The third kappa shape index (κ3) is 4.55. The van der Waals surface area contributed by atoms with Crippen LogP contribution in [0.1, 0.15) is 31.2 Å². The smallest absolute Gasteiger partial charge is 0.432 e. The SMILES string of the molecule is COCCOC(=O)OC1=C(C)NC(C)=C(c2nnco2)C1c1cccc(Cl)c1Cl. The number of nitrogens with zero attached hydrogens (tertiary/aromatic N) is 2. The van der Waals surface area contributed by atoms with Gasteiger partial charge in [0.1, 0.15) is 12.4 Å². The van der Waals surface area contributed by atoms with Gasteiger partial charge in [-0.3, -0.25) is 0 Å². The normalized spacial score (nSPS) is 16.7. The van der Waals surface area contributed by atoms with Crippen LogP contribution in [0.25, 0.3) is 5.57 Å². The van der Waals surface area contributed by atoms with Crippen molar-refractivity contribution in [3.05, 3.63) is 63.2 Å². The Bertz CT molecular complexity index is 957. The number of allylic oxidation sites excluding steroid dienone is 3. The molecule has 0 aliphatic carbocycles. The number of methoxy groups -OCH3 is 1. The maximum absolute atomic E-state index is 12.2. The number of aromatic nitrogens is 2. The molecular formula is C19H19Cl2N3O5. The molecule has 0 spiro atoms. The summed E-state index contributed by atoms with van der Waals surface area (Å²) in [6, 6.07) is 5.23. The third-order valence-electron chi connectivity index (χ3n) is 4.28. The predicted octanol–water partition coefficient (Wildman–Crippen LogP) is 4.53. The molecule has 3 rings (SSSR count). The molecule has 0 radical (unpaired) electrons. The number of halogens is 2. The molecule has 8 nitrogen and oxygen atoms in total. The van der Waals surface area contributed by atoms with Crippen LogP contribution in [0.2, 0.25) is 10.0 Å². The molecule has 1 N–H and O–H groups in total. The summed E-state index contributed by atoms with van der Waals surface area (Å²) in [5.74, 6) is -0.0781. The fourth-order valence-electron chi connectivity index (χ4n) is 3.05. The van der Waals surface area contributed by atoms with Gasteiger partial charge in [0.15, 0.2) is 0 Å². The molecule has 1 aromatic carbocycles. The molecule has 2 aromatic rings.